The number of Topliss-reactive ketones (excluding diaryl/α,β-unsaturated/α-hetero) is 1. The topological polar surface area (TPSA) is 109 Å². The van der Waals surface area contributed by atoms with Crippen LogP contribution in [0.2, 0.25) is 0 Å². The number of rotatable bonds is 4. The number of ether oxygens (including phenoxy) is 2. The molecule has 1 aromatic rings. The minimum atomic E-state index is -1.82. The Morgan fingerprint density at radius 3 is 2.59 bits per heavy atom. The molecule has 0 spiro atoms. The largest absolute Gasteiger partial charge is 0.455 e. The summed E-state index contributed by atoms with van der Waals surface area (Å²) in [5, 5.41) is 22.6. The molecule has 2 fully saturated rings. The Bertz CT molecular complexity index is 976. The fraction of sp³-hybridized carbons (Fsp3) is 0.700. The monoisotopic (exact) mass is 515 g/mol. The smallest absolute Gasteiger partial charge is 0.306 e. The van der Waals surface area contributed by atoms with Crippen LogP contribution < -0.4 is 0 Å². The van der Waals surface area contributed by atoms with Gasteiger partial charge in [-0.15, -0.1) is 0 Å². The maximum Gasteiger partial charge on any atom is 0.306 e. The van der Waals surface area contributed by atoms with E-state index in [0.29, 0.717) is 30.0 Å². The van der Waals surface area contributed by atoms with Crippen molar-refractivity contribution in [3.8, 4) is 0 Å². The molecule has 3 heterocycles. The molecular formula is C30H45NO6. The number of fused-ring (bicyclic) bond motifs is 1. The third-order valence-electron chi connectivity index (χ3n) is 8.22. The molecule has 6 atom stereocenters. The lowest BCUT2D eigenvalue weighted by Gasteiger charge is -2.31. The Balaban J connectivity index is 1.91. The first-order chi connectivity index (χ1) is 17.3. The standard InChI is InChI=1S/C30H45NO6/c1-7-11-22-18-20(2)12-10-15-29(6)30(35,37-29)27(34)25(21(3)19-23-13-8-9-17-31-23)36-24(32)14-16-28(4,5)26(22)33/h8-9,13,17,19-20,22,25,27,34-35H,7,10-12,14-16,18H2,1-6H3. The lowest BCUT2D eigenvalue weighted by molar-refractivity contribution is -0.165. The van der Waals surface area contributed by atoms with Gasteiger partial charge in [-0.3, -0.25) is 14.6 Å². The number of pyridine rings is 1. The third-order valence-corrected chi connectivity index (χ3v) is 8.22. The number of hydrogen-bond acceptors (Lipinski definition) is 7. The van der Waals surface area contributed by atoms with Crippen molar-refractivity contribution in [2.75, 3.05) is 0 Å². The number of carbonyl (C=O) groups excluding carboxylic acids is 2. The zero-order chi connectivity index (χ0) is 27.4. The summed E-state index contributed by atoms with van der Waals surface area (Å²) in [6, 6.07) is 5.45. The van der Waals surface area contributed by atoms with Crippen LogP contribution >= 0.6 is 0 Å². The van der Waals surface area contributed by atoms with Gasteiger partial charge in [-0.1, -0.05) is 53.0 Å². The van der Waals surface area contributed by atoms with Gasteiger partial charge in [0.1, 0.15) is 11.4 Å². The molecule has 2 aliphatic rings. The lowest BCUT2D eigenvalue weighted by Crippen LogP contribution is -2.47. The number of nitrogens with zero attached hydrogens (tertiary/aromatic N) is 1. The molecule has 1 aromatic heterocycles. The zero-order valence-electron chi connectivity index (χ0n) is 23.3. The van der Waals surface area contributed by atoms with Crippen LogP contribution in [0.15, 0.2) is 30.0 Å². The highest BCUT2D eigenvalue weighted by molar-refractivity contribution is 5.86. The molecule has 0 bridgehead atoms. The van der Waals surface area contributed by atoms with Crippen molar-refractivity contribution >= 4 is 17.8 Å². The highest BCUT2D eigenvalue weighted by Gasteiger charge is 2.71. The summed E-state index contributed by atoms with van der Waals surface area (Å²) in [6.45, 7) is 11.6. The molecule has 206 valence electrons. The van der Waals surface area contributed by atoms with Crippen molar-refractivity contribution in [2.24, 2.45) is 17.3 Å². The fourth-order valence-electron chi connectivity index (χ4n) is 5.70. The van der Waals surface area contributed by atoms with Crippen LogP contribution in [-0.4, -0.2) is 50.5 Å². The summed E-state index contributed by atoms with van der Waals surface area (Å²) in [5.74, 6) is -1.85. The van der Waals surface area contributed by atoms with Crippen molar-refractivity contribution < 1.29 is 29.3 Å². The van der Waals surface area contributed by atoms with Gasteiger partial charge in [-0.2, -0.15) is 0 Å². The van der Waals surface area contributed by atoms with Crippen LogP contribution in [0.1, 0.15) is 98.6 Å². The Hall–Kier alpha value is -2.09. The van der Waals surface area contributed by atoms with E-state index in [4.69, 9.17) is 9.47 Å². The van der Waals surface area contributed by atoms with Gasteiger partial charge in [0.25, 0.3) is 0 Å². The average molecular weight is 516 g/mol. The van der Waals surface area contributed by atoms with Gasteiger partial charge in [0.2, 0.25) is 5.79 Å². The van der Waals surface area contributed by atoms with E-state index in [1.54, 1.807) is 32.2 Å². The summed E-state index contributed by atoms with van der Waals surface area (Å²) in [5.41, 5.74) is -0.429. The number of aromatic nitrogens is 1. The Morgan fingerprint density at radius 1 is 1.22 bits per heavy atom. The molecule has 2 aliphatic heterocycles. The molecule has 6 unspecified atom stereocenters. The van der Waals surface area contributed by atoms with Crippen LogP contribution in [0.5, 0.6) is 0 Å². The first kappa shape index (κ1) is 29.5. The number of carbonyl (C=O) groups is 2. The predicted octanol–water partition coefficient (Wildman–Crippen LogP) is 5.24. The Labute approximate surface area is 221 Å². The minimum Gasteiger partial charge on any atom is -0.455 e. The van der Waals surface area contributed by atoms with E-state index >= 15 is 0 Å². The second-order valence-electron chi connectivity index (χ2n) is 12.0. The number of epoxide rings is 1. The SMILES string of the molecule is CCCC1CC(C)CCCC2(C)OC2(O)C(O)C(C(C)=Cc2ccccn2)OC(=O)CCC(C)(C)C1=O. The minimum absolute atomic E-state index is 0.0315. The summed E-state index contributed by atoms with van der Waals surface area (Å²) < 4.78 is 11.5. The summed E-state index contributed by atoms with van der Waals surface area (Å²) in [6.07, 6.45) is 5.98. The first-order valence-corrected chi connectivity index (χ1v) is 13.8. The molecule has 37 heavy (non-hydrogen) atoms. The number of esters is 1. The highest BCUT2D eigenvalue weighted by atomic mass is 16.8. The number of aliphatic hydroxyl groups is 2. The number of ketones is 1. The average Bonchev–Trinajstić information content (AvgIpc) is 3.41. The molecule has 2 N–H and O–H groups in total. The highest BCUT2D eigenvalue weighted by Crippen LogP contribution is 2.53. The van der Waals surface area contributed by atoms with Gasteiger partial charge < -0.3 is 19.7 Å². The molecule has 0 aromatic carbocycles. The van der Waals surface area contributed by atoms with E-state index in [9.17, 15) is 19.8 Å². The van der Waals surface area contributed by atoms with E-state index in [0.717, 1.165) is 32.1 Å². The van der Waals surface area contributed by atoms with Crippen LogP contribution in [0.4, 0.5) is 0 Å². The van der Waals surface area contributed by atoms with Crippen molar-refractivity contribution in [1.29, 1.82) is 0 Å². The van der Waals surface area contributed by atoms with Gasteiger partial charge in [-0.25, -0.2) is 0 Å². The molecule has 0 saturated carbocycles. The second-order valence-corrected chi connectivity index (χ2v) is 12.0. The molecule has 0 radical (unpaired) electrons. The molecular weight excluding hydrogens is 470 g/mol. The summed E-state index contributed by atoms with van der Waals surface area (Å²) in [7, 11) is 0. The zero-order valence-corrected chi connectivity index (χ0v) is 23.3. The van der Waals surface area contributed by atoms with E-state index in [1.165, 1.54) is 0 Å². The molecule has 0 amide bonds. The molecule has 3 rings (SSSR count). The number of aliphatic hydroxyl groups excluding tert-OH is 1. The third kappa shape index (κ3) is 6.87. The summed E-state index contributed by atoms with van der Waals surface area (Å²) in [4.78, 5) is 30.8. The van der Waals surface area contributed by atoms with E-state index in [-0.39, 0.29) is 18.1 Å². The second kappa shape index (κ2) is 11.7. The van der Waals surface area contributed by atoms with Gasteiger partial charge in [0, 0.05) is 24.0 Å². The molecule has 0 aliphatic carbocycles. The van der Waals surface area contributed by atoms with E-state index in [1.807, 2.05) is 26.0 Å². The van der Waals surface area contributed by atoms with Crippen molar-refractivity contribution in [3.05, 3.63) is 35.7 Å². The molecule has 7 heteroatoms. The maximum atomic E-state index is 13.5. The Morgan fingerprint density at radius 2 is 1.95 bits per heavy atom. The van der Waals surface area contributed by atoms with Gasteiger partial charge >= 0.3 is 5.97 Å². The fourth-order valence-corrected chi connectivity index (χ4v) is 5.70. The van der Waals surface area contributed by atoms with Crippen LogP contribution in [0.3, 0.4) is 0 Å². The predicted molar refractivity (Wildman–Crippen MR) is 142 cm³/mol. The van der Waals surface area contributed by atoms with Crippen LogP contribution in [0.25, 0.3) is 6.08 Å². The van der Waals surface area contributed by atoms with Gasteiger partial charge in [0.15, 0.2) is 12.2 Å². The quantitative estimate of drug-likeness (QED) is 0.417. The molecule has 2 saturated heterocycles. The first-order valence-electron chi connectivity index (χ1n) is 13.8. The van der Waals surface area contributed by atoms with E-state index < -0.39 is 35.0 Å². The normalized spacial score (nSPS) is 35.9. The number of cyclic esters (lactones) is 1. The molecule has 7 nitrogen and oxygen atoms in total. The lowest BCUT2D eigenvalue weighted by atomic mass is 9.73. The van der Waals surface area contributed by atoms with Gasteiger partial charge in [-0.05, 0) is 69.2 Å². The van der Waals surface area contributed by atoms with Crippen LogP contribution in [-0.2, 0) is 19.1 Å². The van der Waals surface area contributed by atoms with E-state index in [2.05, 4.69) is 18.8 Å². The number of hydrogen-bond donors (Lipinski definition) is 2. The Kier molecular flexibility index (Phi) is 9.36. The van der Waals surface area contributed by atoms with Crippen LogP contribution in [0, 0.1) is 17.3 Å². The van der Waals surface area contributed by atoms with Crippen molar-refractivity contribution in [1.82, 2.24) is 4.98 Å². The summed E-state index contributed by atoms with van der Waals surface area (Å²) >= 11 is 0. The van der Waals surface area contributed by atoms with Gasteiger partial charge in [0.05, 0.1) is 5.69 Å². The van der Waals surface area contributed by atoms with Crippen molar-refractivity contribution in [3.63, 3.8) is 0 Å². The maximum absolute atomic E-state index is 13.5. The van der Waals surface area contributed by atoms with Crippen molar-refractivity contribution in [2.45, 2.75) is 117 Å².